The number of carbonyl (C=O) groups is 1. The van der Waals surface area contributed by atoms with Gasteiger partial charge in [-0.05, 0) is 43.2 Å². The summed E-state index contributed by atoms with van der Waals surface area (Å²) in [7, 11) is 0. The molecular weight excluding hydrogens is 448 g/mol. The van der Waals surface area contributed by atoms with Crippen molar-refractivity contribution in [2.45, 2.75) is 73.1 Å². The van der Waals surface area contributed by atoms with Crippen LogP contribution in [0.3, 0.4) is 0 Å². The molecule has 0 aliphatic carbocycles. The first-order valence-corrected chi connectivity index (χ1v) is 12.6. The third-order valence-electron chi connectivity index (χ3n) is 7.16. The maximum absolute atomic E-state index is 12.7. The van der Waals surface area contributed by atoms with Crippen LogP contribution in [0.25, 0.3) is 0 Å². The van der Waals surface area contributed by atoms with Crippen molar-refractivity contribution in [2.24, 2.45) is 27.7 Å². The fraction of sp³-hybridized carbons (Fsp3) is 0.731. The highest BCUT2D eigenvalue weighted by Gasteiger charge is 2.42. The average Bonchev–Trinajstić information content (AvgIpc) is 3.15. The lowest BCUT2D eigenvalue weighted by molar-refractivity contribution is -0.138. The van der Waals surface area contributed by atoms with E-state index in [1.807, 2.05) is 37.9 Å². The topological polar surface area (TPSA) is 85.5 Å². The minimum absolute atomic E-state index is 0.108. The van der Waals surface area contributed by atoms with Crippen molar-refractivity contribution >= 4 is 23.3 Å². The second kappa shape index (κ2) is 9.81. The van der Waals surface area contributed by atoms with E-state index >= 15 is 0 Å². The van der Waals surface area contributed by atoms with Crippen LogP contribution in [-0.4, -0.2) is 57.9 Å². The van der Waals surface area contributed by atoms with Crippen molar-refractivity contribution in [3.05, 3.63) is 23.0 Å². The number of nitriles is 1. The average molecular weight is 487 g/mol. The van der Waals surface area contributed by atoms with E-state index in [0.717, 1.165) is 57.0 Å². The lowest BCUT2D eigenvalue weighted by atomic mass is 9.75. The van der Waals surface area contributed by atoms with Crippen molar-refractivity contribution in [2.75, 3.05) is 26.2 Å². The number of amides is 1. The van der Waals surface area contributed by atoms with Crippen molar-refractivity contribution < 1.29 is 4.79 Å². The molecule has 186 valence electrons. The molecule has 8 heteroatoms. The molecule has 0 radical (unpaired) electrons. The number of halogens is 1. The van der Waals surface area contributed by atoms with Crippen LogP contribution in [0.2, 0.25) is 5.15 Å². The van der Waals surface area contributed by atoms with Gasteiger partial charge in [-0.1, -0.05) is 60.1 Å². The van der Waals surface area contributed by atoms with E-state index in [1.54, 1.807) is 6.07 Å². The van der Waals surface area contributed by atoms with Gasteiger partial charge in [0.25, 0.3) is 0 Å². The molecule has 2 fully saturated rings. The molecule has 1 aromatic rings. The standard InChI is InChI=1S/C26H39ClN6O/c1-24(2,3)23(34)32-11-10-18(14-32)12-26(6,7)22(29-17-28)33-15-19(16-33)13-25(4,5)20-8-9-21(27)31-30-20/h8-9,18-19H,10-16H2,1-7H3. The highest BCUT2D eigenvalue weighted by molar-refractivity contribution is 6.29. The second-order valence-electron chi connectivity index (χ2n) is 12.4. The Hall–Kier alpha value is -2.20. The second-order valence-corrected chi connectivity index (χ2v) is 12.8. The van der Waals surface area contributed by atoms with Crippen LogP contribution < -0.4 is 0 Å². The summed E-state index contributed by atoms with van der Waals surface area (Å²) >= 11 is 5.90. The van der Waals surface area contributed by atoms with E-state index in [1.165, 1.54) is 0 Å². The molecule has 1 aromatic heterocycles. The van der Waals surface area contributed by atoms with E-state index in [-0.39, 0.29) is 22.2 Å². The Morgan fingerprint density at radius 3 is 2.26 bits per heavy atom. The summed E-state index contributed by atoms with van der Waals surface area (Å²) in [6.45, 7) is 18.0. The Bertz CT molecular complexity index is 951. The van der Waals surface area contributed by atoms with E-state index in [4.69, 9.17) is 11.6 Å². The minimum atomic E-state index is -0.351. The summed E-state index contributed by atoms with van der Waals surface area (Å²) in [6.07, 6.45) is 4.93. The van der Waals surface area contributed by atoms with Crippen molar-refractivity contribution in [3.63, 3.8) is 0 Å². The van der Waals surface area contributed by atoms with E-state index < -0.39 is 0 Å². The summed E-state index contributed by atoms with van der Waals surface area (Å²) in [6, 6.07) is 3.74. The van der Waals surface area contributed by atoms with Gasteiger partial charge in [-0.15, -0.1) is 5.10 Å². The molecule has 0 spiro atoms. The Labute approximate surface area is 209 Å². The molecule has 1 unspecified atom stereocenters. The number of hydrogen-bond donors (Lipinski definition) is 0. The minimum Gasteiger partial charge on any atom is -0.358 e. The maximum atomic E-state index is 12.7. The number of aliphatic imine (C=N–C) groups is 1. The number of aromatic nitrogens is 2. The molecule has 0 saturated carbocycles. The van der Waals surface area contributed by atoms with Crippen LogP contribution in [-0.2, 0) is 10.2 Å². The Balaban J connectivity index is 1.59. The Morgan fingerprint density at radius 2 is 1.71 bits per heavy atom. The molecule has 2 aliphatic rings. The zero-order valence-corrected chi connectivity index (χ0v) is 22.5. The number of hydrogen-bond acceptors (Lipinski definition) is 5. The summed E-state index contributed by atoms with van der Waals surface area (Å²) < 4.78 is 0. The van der Waals surface area contributed by atoms with E-state index in [2.05, 4.69) is 47.8 Å². The predicted molar refractivity (Wildman–Crippen MR) is 135 cm³/mol. The smallest absolute Gasteiger partial charge is 0.227 e. The van der Waals surface area contributed by atoms with Gasteiger partial charge in [0.05, 0.1) is 5.69 Å². The molecule has 1 amide bonds. The molecule has 2 aliphatic heterocycles. The van der Waals surface area contributed by atoms with Crippen LogP contribution in [0.1, 0.15) is 73.4 Å². The van der Waals surface area contributed by atoms with Gasteiger partial charge in [0, 0.05) is 42.4 Å². The van der Waals surface area contributed by atoms with Crippen LogP contribution in [0.5, 0.6) is 0 Å². The van der Waals surface area contributed by atoms with Crippen LogP contribution in [0.15, 0.2) is 17.1 Å². The van der Waals surface area contributed by atoms with Crippen LogP contribution in [0.4, 0.5) is 0 Å². The highest BCUT2D eigenvalue weighted by atomic mass is 35.5. The van der Waals surface area contributed by atoms with Crippen LogP contribution >= 0.6 is 11.6 Å². The first-order valence-electron chi connectivity index (χ1n) is 12.2. The van der Waals surface area contributed by atoms with Gasteiger partial charge >= 0.3 is 0 Å². The van der Waals surface area contributed by atoms with Gasteiger partial charge in [-0.2, -0.15) is 15.4 Å². The zero-order valence-electron chi connectivity index (χ0n) is 21.7. The lowest BCUT2D eigenvalue weighted by Gasteiger charge is -2.47. The van der Waals surface area contributed by atoms with E-state index in [0.29, 0.717) is 17.0 Å². The fourth-order valence-corrected chi connectivity index (χ4v) is 5.64. The van der Waals surface area contributed by atoms with Gasteiger partial charge in [-0.3, -0.25) is 4.79 Å². The van der Waals surface area contributed by atoms with Gasteiger partial charge in [0.1, 0.15) is 5.84 Å². The molecule has 3 rings (SSSR count). The maximum Gasteiger partial charge on any atom is 0.227 e. The normalized spacial score (nSPS) is 20.3. The number of nitrogens with zero attached hydrogens (tertiary/aromatic N) is 6. The van der Waals surface area contributed by atoms with E-state index in [9.17, 15) is 10.1 Å². The zero-order chi connectivity index (χ0) is 25.3. The van der Waals surface area contributed by atoms with Gasteiger partial charge < -0.3 is 9.80 Å². The van der Waals surface area contributed by atoms with Crippen molar-refractivity contribution in [3.8, 4) is 6.19 Å². The summed E-state index contributed by atoms with van der Waals surface area (Å²) in [5, 5.41) is 18.1. The predicted octanol–water partition coefficient (Wildman–Crippen LogP) is 4.92. The van der Waals surface area contributed by atoms with Gasteiger partial charge in [0.2, 0.25) is 12.1 Å². The molecule has 3 heterocycles. The first kappa shape index (κ1) is 26.4. The Morgan fingerprint density at radius 1 is 1.06 bits per heavy atom. The third-order valence-corrected chi connectivity index (χ3v) is 7.36. The largest absolute Gasteiger partial charge is 0.358 e. The monoisotopic (exact) mass is 486 g/mol. The summed E-state index contributed by atoms with van der Waals surface area (Å²) in [5.74, 6) is 2.01. The number of amidine groups is 1. The number of rotatable bonds is 6. The van der Waals surface area contributed by atoms with Crippen molar-refractivity contribution in [1.82, 2.24) is 20.0 Å². The van der Waals surface area contributed by atoms with Gasteiger partial charge in [0.15, 0.2) is 5.15 Å². The lowest BCUT2D eigenvalue weighted by Crippen LogP contribution is -2.55. The molecule has 0 aromatic carbocycles. The summed E-state index contributed by atoms with van der Waals surface area (Å²) in [4.78, 5) is 21.2. The SMILES string of the molecule is CC(C)(C)C(=O)N1CCC(CC(C)(C)C(=NC#N)N2CC(CC(C)(C)c3ccc(Cl)nn3)C2)C1. The number of carbonyl (C=O) groups excluding carboxylic acids is 1. The third kappa shape index (κ3) is 6.07. The van der Waals surface area contributed by atoms with Crippen molar-refractivity contribution in [1.29, 1.82) is 5.26 Å². The quantitative estimate of drug-likeness (QED) is 0.323. The fourth-order valence-electron chi connectivity index (χ4n) is 5.54. The molecule has 7 nitrogen and oxygen atoms in total. The number of likely N-dealkylation sites (tertiary alicyclic amines) is 2. The van der Waals surface area contributed by atoms with Crippen LogP contribution in [0, 0.1) is 34.1 Å². The first-order chi connectivity index (χ1) is 15.7. The molecule has 0 N–H and O–H groups in total. The molecular formula is C26H39ClN6O. The highest BCUT2D eigenvalue weighted by Crippen LogP contribution is 2.39. The van der Waals surface area contributed by atoms with Gasteiger partial charge in [-0.25, -0.2) is 0 Å². The molecule has 1 atom stereocenters. The Kier molecular flexibility index (Phi) is 7.62. The molecule has 34 heavy (non-hydrogen) atoms. The molecule has 0 bridgehead atoms. The summed E-state index contributed by atoms with van der Waals surface area (Å²) in [5.41, 5.74) is 0.250. The molecule has 2 saturated heterocycles.